The Morgan fingerprint density at radius 1 is 0.673 bits per heavy atom. The Hall–Kier alpha value is -7.16. The van der Waals surface area contributed by atoms with E-state index in [0.717, 1.165) is 34.2 Å². The number of hydrogen-bond donors (Lipinski definition) is 0. The highest BCUT2D eigenvalue weighted by Crippen LogP contribution is 2.37. The average molecular weight is 677 g/mol. The fraction of sp³-hybridized carbons (Fsp3) is 0.0909. The zero-order chi connectivity index (χ0) is 36.5. The predicted octanol–water partition coefficient (Wildman–Crippen LogP) is 10.9. The van der Waals surface area contributed by atoms with Crippen LogP contribution in [-0.2, 0) is 15.0 Å². The van der Waals surface area contributed by atoms with Crippen LogP contribution in [0.15, 0.2) is 189 Å². The number of benzene rings is 4. The van der Waals surface area contributed by atoms with Gasteiger partial charge in [-0.2, -0.15) is 25.7 Å². The maximum atomic E-state index is 13.5. The maximum Gasteiger partial charge on any atom is 0.235 e. The van der Waals surface area contributed by atoms with Gasteiger partial charge in [-0.25, -0.2) is 4.85 Å². The Balaban J connectivity index is 1.18. The van der Waals surface area contributed by atoms with Crippen molar-refractivity contribution >= 4 is 34.1 Å². The van der Waals surface area contributed by atoms with E-state index in [2.05, 4.69) is 51.3 Å². The summed E-state index contributed by atoms with van der Waals surface area (Å²) in [5.41, 5.74) is 7.20. The molecule has 250 valence electrons. The van der Waals surface area contributed by atoms with Crippen LogP contribution in [0.3, 0.4) is 0 Å². The number of carbonyl (C=O) groups excluding carboxylic acids is 2. The number of rotatable bonds is 9. The summed E-state index contributed by atoms with van der Waals surface area (Å²) >= 11 is 0. The molecule has 0 N–H and O–H groups in total. The van der Waals surface area contributed by atoms with Crippen molar-refractivity contribution in [2.24, 2.45) is 20.5 Å². The van der Waals surface area contributed by atoms with Gasteiger partial charge < -0.3 is 4.79 Å². The molecule has 4 aromatic rings. The molecule has 0 amide bonds. The first-order valence-corrected chi connectivity index (χ1v) is 16.6. The standard InChI is InChI=1S/C44H32N6O2/c1-4-44(2,35-15-19-37(20-16-35)49-47-28-30-23-34(27-45)42(51)41(26-30)46-3)36-17-21-38(22-18-36)50-48-29-31-24-39(32-11-7-5-8-12-32)43(52)40(25-31)33-13-9-6-10-14-33/h5-26,28-29H,4H2,1-2H3. The minimum atomic E-state index is -0.585. The molecule has 4 aromatic carbocycles. The molecule has 2 aliphatic rings. The molecule has 0 spiro atoms. The van der Waals surface area contributed by atoms with Gasteiger partial charge in [-0.1, -0.05) is 98.8 Å². The van der Waals surface area contributed by atoms with Crippen LogP contribution in [0.1, 0.15) is 42.5 Å². The van der Waals surface area contributed by atoms with Gasteiger partial charge in [-0.15, -0.1) is 0 Å². The van der Waals surface area contributed by atoms with E-state index in [-0.39, 0.29) is 22.5 Å². The number of ketones is 2. The van der Waals surface area contributed by atoms with Crippen LogP contribution in [0.25, 0.3) is 16.0 Å². The van der Waals surface area contributed by atoms with Gasteiger partial charge in [0.15, 0.2) is 5.78 Å². The van der Waals surface area contributed by atoms with E-state index in [1.54, 1.807) is 6.20 Å². The summed E-state index contributed by atoms with van der Waals surface area (Å²) in [4.78, 5) is 28.7. The maximum absolute atomic E-state index is 13.5. The van der Waals surface area contributed by atoms with E-state index < -0.39 is 5.78 Å². The molecule has 1 atom stereocenters. The minimum Gasteiger partial charge on any atom is -0.302 e. The van der Waals surface area contributed by atoms with Gasteiger partial charge in [0.1, 0.15) is 6.07 Å². The lowest BCUT2D eigenvalue weighted by molar-refractivity contribution is -0.111. The van der Waals surface area contributed by atoms with E-state index in [1.807, 2.05) is 115 Å². The smallest absolute Gasteiger partial charge is 0.235 e. The SMILES string of the molecule is [C-]#[N+]C1=CC(=CN=Nc2ccc(C(C)(CC)c3ccc(N=NC=C4C=C(c5ccccc5)C(=O)C(c5ccccc5)=C4)cc3)cc2)C=C(C#N)C1=O. The monoisotopic (exact) mass is 676 g/mol. The fourth-order valence-corrected chi connectivity index (χ4v) is 5.96. The van der Waals surface area contributed by atoms with Crippen molar-refractivity contribution in [2.45, 2.75) is 25.7 Å². The average Bonchev–Trinajstić information content (AvgIpc) is 3.19. The lowest BCUT2D eigenvalue weighted by Gasteiger charge is -2.30. The molecule has 0 radical (unpaired) electrons. The van der Waals surface area contributed by atoms with Gasteiger partial charge in [0.25, 0.3) is 0 Å². The number of nitriles is 1. The van der Waals surface area contributed by atoms with Crippen molar-refractivity contribution in [2.75, 3.05) is 0 Å². The Kier molecular flexibility index (Phi) is 10.4. The Labute approximate surface area is 302 Å². The van der Waals surface area contributed by atoms with Gasteiger partial charge in [0, 0.05) is 16.6 Å². The number of nitrogens with zero attached hydrogens (tertiary/aromatic N) is 6. The third-order valence-corrected chi connectivity index (χ3v) is 9.09. The first-order chi connectivity index (χ1) is 25.3. The summed E-state index contributed by atoms with van der Waals surface area (Å²) in [6, 6.07) is 36.9. The Bertz CT molecular complexity index is 2270. The summed E-state index contributed by atoms with van der Waals surface area (Å²) in [5.74, 6) is -0.618. The van der Waals surface area contributed by atoms with E-state index in [1.165, 1.54) is 18.4 Å². The molecule has 0 saturated carbocycles. The molecule has 2 aliphatic carbocycles. The van der Waals surface area contributed by atoms with E-state index in [9.17, 15) is 14.9 Å². The molecule has 8 nitrogen and oxygen atoms in total. The number of azo groups is 2. The van der Waals surface area contributed by atoms with Crippen LogP contribution in [-0.4, -0.2) is 11.6 Å². The van der Waals surface area contributed by atoms with Crippen molar-refractivity contribution < 1.29 is 9.59 Å². The van der Waals surface area contributed by atoms with E-state index >= 15 is 0 Å². The Morgan fingerprint density at radius 3 is 1.56 bits per heavy atom. The minimum absolute atomic E-state index is 0.0324. The molecular weight excluding hydrogens is 645 g/mol. The Morgan fingerprint density at radius 2 is 1.13 bits per heavy atom. The number of hydrogen-bond acceptors (Lipinski definition) is 7. The van der Waals surface area contributed by atoms with Gasteiger partial charge >= 0.3 is 0 Å². The van der Waals surface area contributed by atoms with Crippen LogP contribution in [0.4, 0.5) is 11.4 Å². The van der Waals surface area contributed by atoms with Crippen molar-refractivity contribution in [1.29, 1.82) is 5.26 Å². The van der Waals surface area contributed by atoms with E-state index in [0.29, 0.717) is 28.1 Å². The molecule has 1 unspecified atom stereocenters. The molecule has 0 bridgehead atoms. The molecule has 0 fully saturated rings. The number of allylic oxidation sites excluding steroid dienone is 9. The summed E-state index contributed by atoms with van der Waals surface area (Å²) in [5, 5.41) is 26.4. The first-order valence-electron chi connectivity index (χ1n) is 16.6. The van der Waals surface area contributed by atoms with Gasteiger partial charge in [0.2, 0.25) is 11.5 Å². The topological polar surface area (TPSA) is 112 Å². The molecule has 0 heterocycles. The highest BCUT2D eigenvalue weighted by atomic mass is 16.1. The summed E-state index contributed by atoms with van der Waals surface area (Å²) in [7, 11) is 0. The quantitative estimate of drug-likeness (QED) is 0.130. The van der Waals surface area contributed by atoms with Gasteiger partial charge in [-0.05, 0) is 88.4 Å². The summed E-state index contributed by atoms with van der Waals surface area (Å²) in [6.45, 7) is 11.5. The van der Waals surface area contributed by atoms with Crippen molar-refractivity contribution in [3.8, 4) is 6.07 Å². The second-order valence-electron chi connectivity index (χ2n) is 12.3. The van der Waals surface area contributed by atoms with Crippen LogP contribution in [0.5, 0.6) is 0 Å². The fourth-order valence-electron chi connectivity index (χ4n) is 5.96. The van der Waals surface area contributed by atoms with Gasteiger partial charge in [0.05, 0.1) is 35.9 Å². The molecule has 0 aliphatic heterocycles. The first kappa shape index (κ1) is 34.7. The van der Waals surface area contributed by atoms with Crippen LogP contribution < -0.4 is 0 Å². The second-order valence-corrected chi connectivity index (χ2v) is 12.3. The highest BCUT2D eigenvalue weighted by molar-refractivity contribution is 6.43. The number of Topliss-reactive ketones (excluding diaryl/α,β-unsaturated/α-hetero) is 2. The van der Waals surface area contributed by atoms with Crippen molar-refractivity contribution in [3.05, 3.63) is 202 Å². The molecule has 6 rings (SSSR count). The normalized spacial score (nSPS) is 16.5. The third kappa shape index (κ3) is 7.52. The predicted molar refractivity (Wildman–Crippen MR) is 202 cm³/mol. The lowest BCUT2D eigenvalue weighted by Crippen LogP contribution is -2.22. The molecule has 8 heteroatoms. The summed E-state index contributed by atoms with van der Waals surface area (Å²) in [6.07, 6.45) is 10.4. The van der Waals surface area contributed by atoms with Crippen molar-refractivity contribution in [3.63, 3.8) is 0 Å². The second kappa shape index (κ2) is 15.6. The van der Waals surface area contributed by atoms with Gasteiger partial charge in [-0.3, -0.25) is 4.79 Å². The van der Waals surface area contributed by atoms with Crippen molar-refractivity contribution in [1.82, 2.24) is 0 Å². The largest absolute Gasteiger partial charge is 0.302 e. The number of carbonyl (C=O) groups is 2. The molecule has 0 aromatic heterocycles. The third-order valence-electron chi connectivity index (χ3n) is 9.09. The lowest BCUT2D eigenvalue weighted by atomic mass is 9.74. The zero-order valence-corrected chi connectivity index (χ0v) is 28.6. The van der Waals surface area contributed by atoms with Crippen LogP contribution in [0, 0.1) is 17.9 Å². The van der Waals surface area contributed by atoms with Crippen LogP contribution in [0.2, 0.25) is 0 Å². The van der Waals surface area contributed by atoms with Crippen LogP contribution >= 0.6 is 0 Å². The van der Waals surface area contributed by atoms with E-state index in [4.69, 9.17) is 6.57 Å². The molecule has 0 saturated heterocycles. The molecule has 52 heavy (non-hydrogen) atoms. The summed E-state index contributed by atoms with van der Waals surface area (Å²) < 4.78 is 0. The molecular formula is C44H32N6O2. The highest BCUT2D eigenvalue weighted by Gasteiger charge is 2.27. The zero-order valence-electron chi connectivity index (χ0n) is 28.6.